The Morgan fingerprint density at radius 2 is 1.77 bits per heavy atom. The third kappa shape index (κ3) is 6.67. The Balaban J connectivity index is 1.47. The van der Waals surface area contributed by atoms with Crippen molar-refractivity contribution in [3.05, 3.63) is 100 Å². The van der Waals surface area contributed by atoms with Crippen LogP contribution in [-0.2, 0) is 11.4 Å². The molecule has 0 aliphatic carbocycles. The van der Waals surface area contributed by atoms with Gasteiger partial charge >= 0.3 is 0 Å². The number of nitrogens with one attached hydrogen (secondary N) is 1. The highest BCUT2D eigenvalue weighted by molar-refractivity contribution is 5.84. The zero-order valence-corrected chi connectivity index (χ0v) is 16.8. The van der Waals surface area contributed by atoms with Crippen LogP contribution in [0.5, 0.6) is 11.5 Å². The van der Waals surface area contributed by atoms with E-state index in [1.807, 2.05) is 30.3 Å². The summed E-state index contributed by atoms with van der Waals surface area (Å²) in [7, 11) is 0. The van der Waals surface area contributed by atoms with Crippen LogP contribution in [0.2, 0.25) is 0 Å². The van der Waals surface area contributed by atoms with Gasteiger partial charge in [0.25, 0.3) is 11.6 Å². The third-order valence-electron chi connectivity index (χ3n) is 4.22. The highest BCUT2D eigenvalue weighted by Gasteiger charge is 2.14. The van der Waals surface area contributed by atoms with Gasteiger partial charge in [-0.2, -0.15) is 5.10 Å². The van der Waals surface area contributed by atoms with E-state index in [2.05, 4.69) is 10.5 Å². The van der Waals surface area contributed by atoms with E-state index in [9.17, 15) is 14.9 Å². The summed E-state index contributed by atoms with van der Waals surface area (Å²) in [5, 5.41) is 14.6. The van der Waals surface area contributed by atoms with E-state index < -0.39 is 16.9 Å². The first-order valence-electron chi connectivity index (χ1n) is 9.52. The summed E-state index contributed by atoms with van der Waals surface area (Å²) in [6.45, 7) is 2.06. The lowest BCUT2D eigenvalue weighted by Crippen LogP contribution is -2.33. The zero-order chi connectivity index (χ0) is 22.1. The number of non-ortho nitro benzene ring substituents is 1. The number of hydrogen-bond donors (Lipinski definition) is 1. The van der Waals surface area contributed by atoms with Crippen LogP contribution in [-0.4, -0.2) is 23.1 Å². The molecule has 1 atom stereocenters. The molecule has 0 radical (unpaired) electrons. The normalized spacial score (nSPS) is 11.6. The first kappa shape index (κ1) is 21.5. The van der Waals surface area contributed by atoms with E-state index in [1.54, 1.807) is 43.3 Å². The monoisotopic (exact) mass is 419 g/mol. The number of nitrogens with zero attached hydrogens (tertiary/aromatic N) is 2. The molecule has 1 N–H and O–H groups in total. The van der Waals surface area contributed by atoms with Crippen molar-refractivity contribution < 1.29 is 19.2 Å². The summed E-state index contributed by atoms with van der Waals surface area (Å²) in [6.07, 6.45) is 0.537. The number of rotatable bonds is 9. The maximum atomic E-state index is 12.2. The molecule has 0 heterocycles. The Morgan fingerprint density at radius 1 is 1.06 bits per heavy atom. The second kappa shape index (κ2) is 10.5. The molecule has 0 saturated carbocycles. The Labute approximate surface area is 179 Å². The molecule has 0 aliphatic heterocycles. The Hall–Kier alpha value is -4.20. The number of hydrogen-bond acceptors (Lipinski definition) is 6. The fraction of sp³-hybridized carbons (Fsp3) is 0.130. The van der Waals surface area contributed by atoms with Gasteiger partial charge in [0.1, 0.15) is 18.1 Å². The van der Waals surface area contributed by atoms with Gasteiger partial charge in [-0.3, -0.25) is 14.9 Å². The van der Waals surface area contributed by atoms with Crippen LogP contribution in [0, 0.1) is 10.1 Å². The van der Waals surface area contributed by atoms with E-state index in [4.69, 9.17) is 9.47 Å². The molecular formula is C23H21N3O5. The van der Waals surface area contributed by atoms with Gasteiger partial charge in [0.15, 0.2) is 6.10 Å². The summed E-state index contributed by atoms with van der Waals surface area (Å²) in [5.74, 6) is 0.748. The number of hydrazone groups is 1. The van der Waals surface area contributed by atoms with Crippen LogP contribution in [0.3, 0.4) is 0 Å². The van der Waals surface area contributed by atoms with E-state index >= 15 is 0 Å². The molecular weight excluding hydrogens is 398 g/mol. The third-order valence-corrected chi connectivity index (χ3v) is 4.22. The number of nitro groups is 1. The van der Waals surface area contributed by atoms with Crippen LogP contribution in [0.25, 0.3) is 0 Å². The largest absolute Gasteiger partial charge is 0.489 e. The quantitative estimate of drug-likeness (QED) is 0.320. The summed E-state index contributed by atoms with van der Waals surface area (Å²) < 4.78 is 11.3. The van der Waals surface area contributed by atoms with Crippen molar-refractivity contribution in [3.63, 3.8) is 0 Å². The standard InChI is InChI=1S/C23H21N3O5/c1-17(23(27)25-24-15-19-8-5-9-20(14-19)26(28)29)31-22-12-10-21(11-13-22)30-16-18-6-3-2-4-7-18/h2-15,17H,16H2,1H3,(H,25,27)/b24-15+/t17-/m1/s1. The van der Waals surface area contributed by atoms with Crippen molar-refractivity contribution in [3.8, 4) is 11.5 Å². The molecule has 31 heavy (non-hydrogen) atoms. The van der Waals surface area contributed by atoms with Gasteiger partial charge in [0, 0.05) is 17.7 Å². The molecule has 158 valence electrons. The molecule has 3 rings (SSSR count). The molecule has 0 bridgehead atoms. The van der Waals surface area contributed by atoms with Crippen molar-refractivity contribution in [2.45, 2.75) is 19.6 Å². The van der Waals surface area contributed by atoms with Gasteiger partial charge in [-0.05, 0) is 36.8 Å². The second-order valence-corrected chi connectivity index (χ2v) is 6.59. The topological polar surface area (TPSA) is 103 Å². The van der Waals surface area contributed by atoms with Crippen LogP contribution in [0.4, 0.5) is 5.69 Å². The maximum absolute atomic E-state index is 12.2. The van der Waals surface area contributed by atoms with Crippen LogP contribution >= 0.6 is 0 Å². The smallest absolute Gasteiger partial charge is 0.280 e. The first-order chi connectivity index (χ1) is 15.0. The van der Waals surface area contributed by atoms with Crippen LogP contribution in [0.15, 0.2) is 84.0 Å². The maximum Gasteiger partial charge on any atom is 0.280 e. The number of carbonyl (C=O) groups excluding carboxylic acids is 1. The number of ether oxygens (including phenoxy) is 2. The molecule has 3 aromatic carbocycles. The Bertz CT molecular complexity index is 1050. The van der Waals surface area contributed by atoms with Gasteiger partial charge < -0.3 is 9.47 Å². The summed E-state index contributed by atoms with van der Waals surface area (Å²) >= 11 is 0. The average Bonchev–Trinajstić information content (AvgIpc) is 2.79. The van der Waals surface area contributed by atoms with Crippen LogP contribution in [0.1, 0.15) is 18.1 Å². The minimum atomic E-state index is -0.793. The van der Waals surface area contributed by atoms with Crippen LogP contribution < -0.4 is 14.9 Å². The first-order valence-corrected chi connectivity index (χ1v) is 9.52. The summed E-state index contributed by atoms with van der Waals surface area (Å²) in [4.78, 5) is 22.4. The number of amides is 1. The minimum absolute atomic E-state index is 0.0526. The predicted molar refractivity (Wildman–Crippen MR) is 116 cm³/mol. The highest BCUT2D eigenvalue weighted by atomic mass is 16.6. The number of benzene rings is 3. The van der Waals surface area contributed by atoms with E-state index in [0.717, 1.165) is 5.56 Å². The summed E-state index contributed by atoms with van der Waals surface area (Å²) in [5.41, 5.74) is 3.87. The number of carbonyl (C=O) groups is 1. The van der Waals surface area contributed by atoms with E-state index in [-0.39, 0.29) is 5.69 Å². The molecule has 8 nitrogen and oxygen atoms in total. The molecule has 1 amide bonds. The van der Waals surface area contributed by atoms with Crippen molar-refractivity contribution in [2.24, 2.45) is 5.10 Å². The van der Waals surface area contributed by atoms with E-state index in [0.29, 0.717) is 23.7 Å². The van der Waals surface area contributed by atoms with Crippen molar-refractivity contribution in [1.82, 2.24) is 5.43 Å². The van der Waals surface area contributed by atoms with Crippen molar-refractivity contribution >= 4 is 17.8 Å². The lowest BCUT2D eigenvalue weighted by atomic mass is 10.2. The molecule has 0 fully saturated rings. The Morgan fingerprint density at radius 3 is 2.48 bits per heavy atom. The van der Waals surface area contributed by atoms with E-state index in [1.165, 1.54) is 18.3 Å². The SMILES string of the molecule is C[C@@H](Oc1ccc(OCc2ccccc2)cc1)C(=O)N/N=C/c1cccc([N+](=O)[O-])c1. The van der Waals surface area contributed by atoms with Gasteiger partial charge in [-0.25, -0.2) is 5.43 Å². The highest BCUT2D eigenvalue weighted by Crippen LogP contribution is 2.19. The fourth-order valence-corrected chi connectivity index (χ4v) is 2.59. The molecule has 0 spiro atoms. The molecule has 0 unspecified atom stereocenters. The molecule has 8 heteroatoms. The van der Waals surface area contributed by atoms with Gasteiger partial charge in [-0.15, -0.1) is 0 Å². The van der Waals surface area contributed by atoms with Gasteiger partial charge in [0.05, 0.1) is 11.1 Å². The molecule has 0 aliphatic rings. The average molecular weight is 419 g/mol. The minimum Gasteiger partial charge on any atom is -0.489 e. The fourth-order valence-electron chi connectivity index (χ4n) is 2.59. The second-order valence-electron chi connectivity index (χ2n) is 6.59. The zero-order valence-electron chi connectivity index (χ0n) is 16.8. The number of nitro benzene ring substituents is 1. The van der Waals surface area contributed by atoms with Gasteiger partial charge in [-0.1, -0.05) is 42.5 Å². The molecule has 0 aromatic heterocycles. The molecule has 0 saturated heterocycles. The van der Waals surface area contributed by atoms with Gasteiger partial charge in [0.2, 0.25) is 0 Å². The lowest BCUT2D eigenvalue weighted by molar-refractivity contribution is -0.384. The predicted octanol–water partition coefficient (Wildman–Crippen LogP) is 4.09. The van der Waals surface area contributed by atoms with Crippen molar-refractivity contribution in [2.75, 3.05) is 0 Å². The van der Waals surface area contributed by atoms with Crippen molar-refractivity contribution in [1.29, 1.82) is 0 Å². The molecule has 3 aromatic rings. The lowest BCUT2D eigenvalue weighted by Gasteiger charge is -2.13. The Kier molecular flexibility index (Phi) is 7.31. The summed E-state index contributed by atoms with van der Waals surface area (Å²) in [6, 6.07) is 22.7.